The molecule has 0 bridgehead atoms. The third-order valence-corrected chi connectivity index (χ3v) is 8.21. The van der Waals surface area contributed by atoms with Crippen molar-refractivity contribution < 1.29 is 17.9 Å². The quantitative estimate of drug-likeness (QED) is 0.672. The van der Waals surface area contributed by atoms with Gasteiger partial charge in [-0.2, -0.15) is 4.31 Å². The van der Waals surface area contributed by atoms with E-state index in [1.807, 2.05) is 18.2 Å². The number of thioether (sulfide) groups is 1. The number of sulfonamides is 1. The number of halogens is 1. The van der Waals surface area contributed by atoms with Gasteiger partial charge in [-0.15, -0.1) is 11.8 Å². The zero-order chi connectivity index (χ0) is 21.0. The summed E-state index contributed by atoms with van der Waals surface area (Å²) in [6.45, 7) is 4.93. The largest absolute Gasteiger partial charge is 0.379 e. The molecule has 9 heteroatoms. The van der Waals surface area contributed by atoms with Crippen LogP contribution in [0.15, 0.2) is 52.3 Å². The molecule has 0 aliphatic carbocycles. The number of hydrogen-bond donors (Lipinski definition) is 1. The standard InChI is InChI=1S/C20H23ClN2O4S2/c1-14-7-8-16(13-19(14)29(25,26)23-9-11-27-12-10-23)22-20(24)15(2)28-18-6-4-3-5-17(18)21/h3-8,13,15H,9-12H2,1-2H3,(H,22,24). The molecule has 0 spiro atoms. The molecule has 1 N–H and O–H groups in total. The van der Waals surface area contributed by atoms with Gasteiger partial charge in [0.1, 0.15) is 0 Å². The van der Waals surface area contributed by atoms with E-state index in [0.717, 1.165) is 4.90 Å². The normalized spacial score (nSPS) is 16.4. The van der Waals surface area contributed by atoms with Crippen molar-refractivity contribution in [2.75, 3.05) is 31.6 Å². The lowest BCUT2D eigenvalue weighted by Gasteiger charge is -2.27. The lowest BCUT2D eigenvalue weighted by atomic mass is 10.2. The van der Waals surface area contributed by atoms with Crippen LogP contribution >= 0.6 is 23.4 Å². The number of rotatable bonds is 6. The van der Waals surface area contributed by atoms with E-state index in [9.17, 15) is 13.2 Å². The fraction of sp³-hybridized carbons (Fsp3) is 0.350. The maximum atomic E-state index is 13.0. The van der Waals surface area contributed by atoms with Crippen LogP contribution < -0.4 is 5.32 Å². The minimum Gasteiger partial charge on any atom is -0.379 e. The molecule has 3 rings (SSSR count). The third kappa shape index (κ3) is 5.32. The van der Waals surface area contributed by atoms with Crippen molar-refractivity contribution in [3.8, 4) is 0 Å². The molecule has 1 unspecified atom stereocenters. The van der Waals surface area contributed by atoms with E-state index in [4.69, 9.17) is 16.3 Å². The van der Waals surface area contributed by atoms with E-state index < -0.39 is 15.3 Å². The monoisotopic (exact) mass is 454 g/mol. The number of anilines is 1. The molecule has 0 radical (unpaired) electrons. The number of ether oxygens (including phenoxy) is 1. The first-order valence-electron chi connectivity index (χ1n) is 9.19. The van der Waals surface area contributed by atoms with E-state index in [2.05, 4.69) is 5.32 Å². The van der Waals surface area contributed by atoms with Crippen LogP contribution in [-0.4, -0.2) is 50.2 Å². The Morgan fingerprint density at radius 2 is 1.90 bits per heavy atom. The second-order valence-electron chi connectivity index (χ2n) is 6.68. The summed E-state index contributed by atoms with van der Waals surface area (Å²) >= 11 is 7.51. The average Bonchev–Trinajstić information content (AvgIpc) is 2.71. The summed E-state index contributed by atoms with van der Waals surface area (Å²) < 4.78 is 32.7. The van der Waals surface area contributed by atoms with Gasteiger partial charge in [-0.05, 0) is 43.7 Å². The Hall–Kier alpha value is -1.58. The molecule has 1 amide bonds. The number of morpholine rings is 1. The fourth-order valence-corrected chi connectivity index (χ4v) is 5.72. The molecule has 1 aliphatic heterocycles. The number of hydrogen-bond acceptors (Lipinski definition) is 5. The van der Waals surface area contributed by atoms with E-state index >= 15 is 0 Å². The Kier molecular flexibility index (Phi) is 7.23. The Morgan fingerprint density at radius 3 is 2.59 bits per heavy atom. The molecule has 1 atom stereocenters. The highest BCUT2D eigenvalue weighted by atomic mass is 35.5. The zero-order valence-electron chi connectivity index (χ0n) is 16.2. The Bertz CT molecular complexity index is 992. The fourth-order valence-electron chi connectivity index (χ4n) is 2.91. The number of nitrogens with zero attached hydrogens (tertiary/aromatic N) is 1. The summed E-state index contributed by atoms with van der Waals surface area (Å²) in [7, 11) is -3.65. The van der Waals surface area contributed by atoms with Crippen LogP contribution in [0.25, 0.3) is 0 Å². The minimum absolute atomic E-state index is 0.198. The van der Waals surface area contributed by atoms with Crippen molar-refractivity contribution in [3.63, 3.8) is 0 Å². The molecule has 1 heterocycles. The highest BCUT2D eigenvalue weighted by Crippen LogP contribution is 2.31. The minimum atomic E-state index is -3.65. The van der Waals surface area contributed by atoms with Crippen molar-refractivity contribution in [1.82, 2.24) is 4.31 Å². The van der Waals surface area contributed by atoms with Gasteiger partial charge < -0.3 is 10.1 Å². The summed E-state index contributed by atoms with van der Waals surface area (Å²) in [5.74, 6) is -0.228. The number of aryl methyl sites for hydroxylation is 1. The topological polar surface area (TPSA) is 75.7 Å². The number of carbonyl (C=O) groups excluding carboxylic acids is 1. The smallest absolute Gasteiger partial charge is 0.243 e. The average molecular weight is 455 g/mol. The van der Waals surface area contributed by atoms with Crippen LogP contribution in [0.4, 0.5) is 5.69 Å². The van der Waals surface area contributed by atoms with Gasteiger partial charge in [0.05, 0.1) is 28.4 Å². The molecule has 156 valence electrons. The summed E-state index contributed by atoms with van der Waals surface area (Å²) in [6.07, 6.45) is 0. The van der Waals surface area contributed by atoms with Gasteiger partial charge in [-0.25, -0.2) is 8.42 Å². The van der Waals surface area contributed by atoms with Crippen molar-refractivity contribution in [1.29, 1.82) is 0 Å². The first-order chi connectivity index (χ1) is 13.8. The van der Waals surface area contributed by atoms with Crippen molar-refractivity contribution in [2.45, 2.75) is 28.9 Å². The predicted octanol–water partition coefficient (Wildman–Crippen LogP) is 3.79. The molecular weight excluding hydrogens is 432 g/mol. The van der Waals surface area contributed by atoms with Crippen molar-refractivity contribution in [3.05, 3.63) is 53.1 Å². The number of benzene rings is 2. The maximum Gasteiger partial charge on any atom is 0.243 e. The highest BCUT2D eigenvalue weighted by Gasteiger charge is 2.28. The van der Waals surface area contributed by atoms with E-state index in [0.29, 0.717) is 42.6 Å². The summed E-state index contributed by atoms with van der Waals surface area (Å²) in [4.78, 5) is 13.6. The molecule has 0 saturated carbocycles. The molecular formula is C20H23ClN2O4S2. The zero-order valence-corrected chi connectivity index (χ0v) is 18.6. The SMILES string of the molecule is Cc1ccc(NC(=O)C(C)Sc2ccccc2Cl)cc1S(=O)(=O)N1CCOCC1. The van der Waals surface area contributed by atoms with Gasteiger partial charge in [0, 0.05) is 23.7 Å². The van der Waals surface area contributed by atoms with Gasteiger partial charge in [0.2, 0.25) is 15.9 Å². The van der Waals surface area contributed by atoms with Crippen LogP contribution in [0.5, 0.6) is 0 Å². The van der Waals surface area contributed by atoms with Crippen LogP contribution in [-0.2, 0) is 19.6 Å². The molecule has 1 aliphatic rings. The van der Waals surface area contributed by atoms with E-state index in [-0.39, 0.29) is 10.8 Å². The molecule has 1 fully saturated rings. The maximum absolute atomic E-state index is 13.0. The summed E-state index contributed by atoms with van der Waals surface area (Å²) in [5, 5.41) is 3.00. The molecule has 1 saturated heterocycles. The van der Waals surface area contributed by atoms with Crippen LogP contribution in [0.3, 0.4) is 0 Å². The lowest BCUT2D eigenvalue weighted by Crippen LogP contribution is -2.40. The number of amides is 1. The van der Waals surface area contributed by atoms with Gasteiger partial charge in [-0.1, -0.05) is 29.8 Å². The molecule has 2 aromatic rings. The lowest BCUT2D eigenvalue weighted by molar-refractivity contribution is -0.115. The Balaban J connectivity index is 1.75. The molecule has 29 heavy (non-hydrogen) atoms. The number of carbonyl (C=O) groups is 1. The summed E-state index contributed by atoms with van der Waals surface area (Å²) in [6, 6.07) is 12.3. The van der Waals surface area contributed by atoms with Gasteiger partial charge in [0.15, 0.2) is 0 Å². The van der Waals surface area contributed by atoms with Gasteiger partial charge in [-0.3, -0.25) is 4.79 Å². The van der Waals surface area contributed by atoms with Crippen LogP contribution in [0, 0.1) is 6.92 Å². The Morgan fingerprint density at radius 1 is 1.21 bits per heavy atom. The first kappa shape index (κ1) is 22.1. The van der Waals surface area contributed by atoms with E-state index in [1.54, 1.807) is 32.0 Å². The molecule has 0 aromatic heterocycles. The van der Waals surface area contributed by atoms with Gasteiger partial charge in [0.25, 0.3) is 0 Å². The first-order valence-corrected chi connectivity index (χ1v) is 11.9. The molecule has 6 nitrogen and oxygen atoms in total. The van der Waals surface area contributed by atoms with Crippen LogP contribution in [0.1, 0.15) is 12.5 Å². The Labute approximate surface area is 180 Å². The van der Waals surface area contributed by atoms with Crippen molar-refractivity contribution >= 4 is 45.0 Å². The van der Waals surface area contributed by atoms with Gasteiger partial charge >= 0.3 is 0 Å². The summed E-state index contributed by atoms with van der Waals surface area (Å²) in [5.41, 5.74) is 1.08. The second kappa shape index (κ2) is 9.49. The van der Waals surface area contributed by atoms with E-state index in [1.165, 1.54) is 22.1 Å². The number of nitrogens with one attached hydrogen (secondary N) is 1. The van der Waals surface area contributed by atoms with Crippen LogP contribution in [0.2, 0.25) is 5.02 Å². The predicted molar refractivity (Wildman–Crippen MR) is 116 cm³/mol. The highest BCUT2D eigenvalue weighted by molar-refractivity contribution is 8.00. The second-order valence-corrected chi connectivity index (χ2v) is 10.4. The van der Waals surface area contributed by atoms with Crippen molar-refractivity contribution in [2.24, 2.45) is 0 Å². The molecule has 2 aromatic carbocycles. The third-order valence-electron chi connectivity index (χ3n) is 4.55.